The van der Waals surface area contributed by atoms with Crippen LogP contribution in [0.4, 0.5) is 8.78 Å². The minimum Gasteiger partial charge on any atom is -0.365 e. The molecule has 0 radical (unpaired) electrons. The van der Waals surface area contributed by atoms with Crippen molar-refractivity contribution in [3.63, 3.8) is 0 Å². The molecule has 7 nitrogen and oxygen atoms in total. The number of carbonyl (C=O) groups is 2. The van der Waals surface area contributed by atoms with Crippen LogP contribution in [0.15, 0.2) is 42.5 Å². The molecule has 3 aromatic rings. The molecule has 2 aromatic carbocycles. The van der Waals surface area contributed by atoms with Gasteiger partial charge in [0.1, 0.15) is 11.5 Å². The molecule has 2 amide bonds. The first-order chi connectivity index (χ1) is 16.3. The first-order valence-electron chi connectivity index (χ1n) is 10.5. The summed E-state index contributed by atoms with van der Waals surface area (Å²) in [6.07, 6.45) is 0.158. The van der Waals surface area contributed by atoms with Gasteiger partial charge in [-0.25, -0.2) is 4.39 Å². The van der Waals surface area contributed by atoms with Crippen molar-refractivity contribution in [3.05, 3.63) is 75.7 Å². The predicted octanol–water partition coefficient (Wildman–Crippen LogP) is 3.80. The molecule has 1 aliphatic heterocycles. The second-order valence-corrected chi connectivity index (χ2v) is 8.41. The maximum atomic E-state index is 13.7. The Morgan fingerprint density at radius 2 is 1.97 bits per heavy atom. The van der Waals surface area contributed by atoms with Gasteiger partial charge in [0, 0.05) is 12.1 Å². The van der Waals surface area contributed by atoms with Crippen LogP contribution < -0.4 is 5.73 Å². The summed E-state index contributed by atoms with van der Waals surface area (Å²) in [6.45, 7) is -0.390. The summed E-state index contributed by atoms with van der Waals surface area (Å²) in [6, 6.07) is 12.1. The van der Waals surface area contributed by atoms with E-state index in [1.807, 2.05) is 6.07 Å². The molecule has 0 saturated carbocycles. The number of alkyl halides is 1. The normalized spacial score (nSPS) is 15.0. The van der Waals surface area contributed by atoms with E-state index in [2.05, 4.69) is 5.10 Å². The van der Waals surface area contributed by atoms with Crippen molar-refractivity contribution < 1.29 is 18.4 Å². The number of nitrogens with two attached hydrogens (primary N) is 1. The Kier molecular flexibility index (Phi) is 6.61. The van der Waals surface area contributed by atoms with Gasteiger partial charge in [0.15, 0.2) is 0 Å². The lowest BCUT2D eigenvalue weighted by atomic mass is 10.0. The number of amides is 2. The number of hydrogen-bond acceptors (Lipinski definition) is 4. The molecule has 0 aliphatic carbocycles. The van der Waals surface area contributed by atoms with Crippen molar-refractivity contribution in [3.8, 4) is 17.3 Å². The topological polar surface area (TPSA) is 105 Å². The van der Waals surface area contributed by atoms with Gasteiger partial charge >= 0.3 is 0 Å². The lowest BCUT2D eigenvalue weighted by molar-refractivity contribution is -0.132. The summed E-state index contributed by atoms with van der Waals surface area (Å²) in [5, 5.41) is 13.3. The molecule has 2 heterocycles. The average Bonchev–Trinajstić information content (AvgIpc) is 3.21. The highest BCUT2D eigenvalue weighted by molar-refractivity contribution is 6.31. The fourth-order valence-corrected chi connectivity index (χ4v) is 4.30. The number of halogens is 3. The summed E-state index contributed by atoms with van der Waals surface area (Å²) in [5.74, 6) is -1.61. The molecule has 1 atom stereocenters. The van der Waals surface area contributed by atoms with E-state index in [0.717, 1.165) is 11.6 Å². The molecule has 0 fully saturated rings. The van der Waals surface area contributed by atoms with E-state index in [1.54, 1.807) is 29.2 Å². The van der Waals surface area contributed by atoms with E-state index in [1.165, 1.54) is 16.8 Å². The van der Waals surface area contributed by atoms with E-state index in [-0.39, 0.29) is 48.1 Å². The van der Waals surface area contributed by atoms with Gasteiger partial charge in [-0.15, -0.1) is 0 Å². The van der Waals surface area contributed by atoms with Crippen LogP contribution in [0.2, 0.25) is 5.02 Å². The Labute approximate surface area is 199 Å². The Bertz CT molecular complexity index is 1300. The summed E-state index contributed by atoms with van der Waals surface area (Å²) >= 11 is 5.92. The molecular formula is C24H20ClF2N5O2. The number of rotatable bonds is 6. The van der Waals surface area contributed by atoms with Crippen molar-refractivity contribution in [1.82, 2.24) is 14.7 Å². The Morgan fingerprint density at radius 3 is 2.59 bits per heavy atom. The van der Waals surface area contributed by atoms with Crippen LogP contribution in [0.5, 0.6) is 0 Å². The second-order valence-electron chi connectivity index (χ2n) is 8.00. The third-order valence-electron chi connectivity index (χ3n) is 5.80. The Morgan fingerprint density at radius 1 is 1.24 bits per heavy atom. The maximum absolute atomic E-state index is 13.7. The number of hydrogen-bond donors (Lipinski definition) is 1. The molecule has 0 saturated heterocycles. The predicted molar refractivity (Wildman–Crippen MR) is 121 cm³/mol. The summed E-state index contributed by atoms with van der Waals surface area (Å²) in [4.78, 5) is 27.1. The van der Waals surface area contributed by atoms with E-state index >= 15 is 0 Å². The standard InChI is InChI=1S/C24H20ClF2N5O2/c25-18-10-16(5-6-19(18)27)23-22(24(29)34)20-13-31(12-17(7-8-26)32(20)30-23)21(33)9-14-1-3-15(11-28)4-2-14/h1-6,10,17H,7-9,12-13H2,(H2,29,34). The van der Waals surface area contributed by atoms with E-state index in [0.29, 0.717) is 16.8 Å². The summed E-state index contributed by atoms with van der Waals surface area (Å²) < 4.78 is 28.6. The molecule has 174 valence electrons. The molecule has 1 aromatic heterocycles. The second kappa shape index (κ2) is 9.61. The minimum atomic E-state index is -0.767. The molecule has 2 N–H and O–H groups in total. The Hall–Kier alpha value is -3.77. The number of nitriles is 1. The van der Waals surface area contributed by atoms with Crippen LogP contribution in [-0.2, 0) is 17.8 Å². The Balaban J connectivity index is 1.70. The smallest absolute Gasteiger partial charge is 0.252 e. The molecular weight excluding hydrogens is 464 g/mol. The number of fused-ring (bicyclic) bond motifs is 1. The van der Waals surface area contributed by atoms with Gasteiger partial charge < -0.3 is 10.6 Å². The number of primary amides is 1. The SMILES string of the molecule is N#Cc1ccc(CC(=O)N2Cc3c(C(N)=O)c(-c4ccc(F)c(Cl)c4)nn3C(CCF)C2)cc1. The number of benzene rings is 2. The number of carbonyl (C=O) groups excluding carboxylic acids is 2. The van der Waals surface area contributed by atoms with Gasteiger partial charge in [0.05, 0.1) is 53.6 Å². The van der Waals surface area contributed by atoms with Gasteiger partial charge in [-0.1, -0.05) is 23.7 Å². The zero-order valence-electron chi connectivity index (χ0n) is 18.0. The van der Waals surface area contributed by atoms with Crippen molar-refractivity contribution >= 4 is 23.4 Å². The van der Waals surface area contributed by atoms with Gasteiger partial charge in [-0.3, -0.25) is 18.7 Å². The molecule has 0 bridgehead atoms. The number of nitrogens with zero attached hydrogens (tertiary/aromatic N) is 4. The largest absolute Gasteiger partial charge is 0.365 e. The third-order valence-corrected chi connectivity index (χ3v) is 6.09. The van der Waals surface area contributed by atoms with E-state index < -0.39 is 24.4 Å². The molecule has 0 spiro atoms. The maximum Gasteiger partial charge on any atom is 0.252 e. The van der Waals surface area contributed by atoms with E-state index in [9.17, 15) is 18.4 Å². The third kappa shape index (κ3) is 4.50. The van der Waals surface area contributed by atoms with Crippen LogP contribution in [0, 0.1) is 17.1 Å². The molecule has 34 heavy (non-hydrogen) atoms. The number of aromatic nitrogens is 2. The summed E-state index contributed by atoms with van der Waals surface area (Å²) in [5.41, 5.74) is 7.95. The zero-order chi connectivity index (χ0) is 24.4. The average molecular weight is 484 g/mol. The van der Waals surface area contributed by atoms with Crippen LogP contribution in [0.25, 0.3) is 11.3 Å². The van der Waals surface area contributed by atoms with Crippen molar-refractivity contribution in [2.45, 2.75) is 25.4 Å². The fourth-order valence-electron chi connectivity index (χ4n) is 4.12. The monoisotopic (exact) mass is 483 g/mol. The van der Waals surface area contributed by atoms with Crippen molar-refractivity contribution in [2.75, 3.05) is 13.2 Å². The first kappa shape index (κ1) is 23.4. The van der Waals surface area contributed by atoms with Crippen LogP contribution in [0.3, 0.4) is 0 Å². The summed E-state index contributed by atoms with van der Waals surface area (Å²) in [7, 11) is 0. The lowest BCUT2D eigenvalue weighted by Crippen LogP contribution is -2.42. The zero-order valence-corrected chi connectivity index (χ0v) is 18.7. The molecule has 1 aliphatic rings. The van der Waals surface area contributed by atoms with Crippen LogP contribution in [-0.4, -0.2) is 39.7 Å². The van der Waals surface area contributed by atoms with Gasteiger partial charge in [0.2, 0.25) is 5.91 Å². The minimum absolute atomic E-state index is 0.0537. The molecule has 10 heteroatoms. The fraction of sp³-hybridized carbons (Fsp3) is 0.250. The quantitative estimate of drug-likeness (QED) is 0.575. The van der Waals surface area contributed by atoms with E-state index in [4.69, 9.17) is 22.6 Å². The highest BCUT2D eigenvalue weighted by Crippen LogP contribution is 2.34. The van der Waals surface area contributed by atoms with Crippen molar-refractivity contribution in [2.24, 2.45) is 5.73 Å². The lowest BCUT2D eigenvalue weighted by Gasteiger charge is -2.34. The highest BCUT2D eigenvalue weighted by Gasteiger charge is 2.34. The highest BCUT2D eigenvalue weighted by atomic mass is 35.5. The molecule has 1 unspecified atom stereocenters. The molecule has 4 rings (SSSR count). The first-order valence-corrected chi connectivity index (χ1v) is 10.9. The van der Waals surface area contributed by atoms with Gasteiger partial charge in [0.25, 0.3) is 5.91 Å². The van der Waals surface area contributed by atoms with Gasteiger partial charge in [-0.2, -0.15) is 10.4 Å². The van der Waals surface area contributed by atoms with Gasteiger partial charge in [-0.05, 0) is 42.3 Å². The van der Waals surface area contributed by atoms with Crippen LogP contribution in [0.1, 0.15) is 39.6 Å². The van der Waals surface area contributed by atoms with Crippen LogP contribution >= 0.6 is 11.6 Å². The van der Waals surface area contributed by atoms with Crippen molar-refractivity contribution in [1.29, 1.82) is 5.26 Å².